The lowest BCUT2D eigenvalue weighted by molar-refractivity contribution is -0.0510. The van der Waals surface area contributed by atoms with E-state index in [9.17, 15) is 9.59 Å². The van der Waals surface area contributed by atoms with E-state index in [-0.39, 0.29) is 12.0 Å². The molecular formula is C18H28N2O4. The molecule has 1 aromatic rings. The summed E-state index contributed by atoms with van der Waals surface area (Å²) in [6.07, 6.45) is 2.26. The van der Waals surface area contributed by atoms with Crippen molar-refractivity contribution in [2.45, 2.75) is 46.6 Å². The number of nitrogens with one attached hydrogen (secondary N) is 2. The first-order valence-electron chi connectivity index (χ1n) is 8.54. The van der Waals surface area contributed by atoms with Gasteiger partial charge in [-0.15, -0.1) is 0 Å². The third-order valence-corrected chi connectivity index (χ3v) is 4.73. The summed E-state index contributed by atoms with van der Waals surface area (Å²) in [6.45, 7) is 9.22. The Morgan fingerprint density at radius 1 is 1.38 bits per heavy atom. The van der Waals surface area contributed by atoms with Crippen LogP contribution in [0, 0.1) is 25.7 Å². The molecule has 0 aromatic carbocycles. The maximum atomic E-state index is 12.6. The Morgan fingerprint density at radius 3 is 2.71 bits per heavy atom. The minimum absolute atomic E-state index is 0.163. The molecule has 2 rings (SSSR count). The molecular weight excluding hydrogens is 308 g/mol. The number of esters is 1. The Morgan fingerprint density at radius 2 is 2.08 bits per heavy atom. The molecule has 2 atom stereocenters. The molecule has 1 saturated heterocycles. The third kappa shape index (κ3) is 3.80. The van der Waals surface area contributed by atoms with Crippen molar-refractivity contribution in [1.29, 1.82) is 0 Å². The number of rotatable bonds is 5. The van der Waals surface area contributed by atoms with Crippen LogP contribution in [-0.2, 0) is 9.47 Å². The van der Waals surface area contributed by atoms with E-state index in [1.54, 1.807) is 13.8 Å². The van der Waals surface area contributed by atoms with Crippen LogP contribution in [0.5, 0.6) is 0 Å². The summed E-state index contributed by atoms with van der Waals surface area (Å²) >= 11 is 0. The van der Waals surface area contributed by atoms with E-state index >= 15 is 0 Å². The average Bonchev–Trinajstić information content (AvgIpc) is 2.86. The first-order valence-corrected chi connectivity index (χ1v) is 8.54. The minimum atomic E-state index is -0.463. The Bertz CT molecular complexity index is 606. The summed E-state index contributed by atoms with van der Waals surface area (Å²) in [5.41, 5.74) is 2.15. The van der Waals surface area contributed by atoms with Gasteiger partial charge in [0.1, 0.15) is 5.69 Å². The minimum Gasteiger partial charge on any atom is -0.464 e. The summed E-state index contributed by atoms with van der Waals surface area (Å²) in [5, 5.41) is 3.01. The smallest absolute Gasteiger partial charge is 0.354 e. The van der Waals surface area contributed by atoms with Crippen LogP contribution in [0.25, 0.3) is 0 Å². The van der Waals surface area contributed by atoms with Gasteiger partial charge in [0.2, 0.25) is 0 Å². The van der Waals surface area contributed by atoms with Gasteiger partial charge in [0.15, 0.2) is 0 Å². The predicted octanol–water partition coefficient (Wildman–Crippen LogP) is 2.60. The summed E-state index contributed by atoms with van der Waals surface area (Å²) in [7, 11) is 1.33. The predicted molar refractivity (Wildman–Crippen MR) is 91.2 cm³/mol. The highest BCUT2D eigenvalue weighted by molar-refractivity contribution is 6.01. The van der Waals surface area contributed by atoms with Crippen LogP contribution in [0.3, 0.4) is 0 Å². The van der Waals surface area contributed by atoms with E-state index in [0.29, 0.717) is 40.9 Å². The Kier molecular flexibility index (Phi) is 6.04. The Labute approximate surface area is 143 Å². The topological polar surface area (TPSA) is 80.4 Å². The van der Waals surface area contributed by atoms with Crippen molar-refractivity contribution in [3.05, 3.63) is 22.5 Å². The molecule has 1 aromatic heterocycles. The monoisotopic (exact) mass is 336 g/mol. The molecule has 2 heterocycles. The van der Waals surface area contributed by atoms with Crippen molar-refractivity contribution >= 4 is 11.9 Å². The molecule has 1 amide bonds. The molecule has 1 fully saturated rings. The molecule has 6 nitrogen and oxygen atoms in total. The average molecular weight is 336 g/mol. The lowest BCUT2D eigenvalue weighted by atomic mass is 9.87. The third-order valence-electron chi connectivity index (χ3n) is 4.73. The zero-order valence-corrected chi connectivity index (χ0v) is 15.2. The molecule has 0 radical (unpaired) electrons. The first kappa shape index (κ1) is 18.5. The molecule has 134 valence electrons. The second-order valence-corrected chi connectivity index (χ2v) is 6.81. The number of amides is 1. The fourth-order valence-corrected chi connectivity index (χ4v) is 3.53. The van der Waals surface area contributed by atoms with Crippen molar-refractivity contribution in [3.8, 4) is 0 Å². The fourth-order valence-electron chi connectivity index (χ4n) is 3.53. The van der Waals surface area contributed by atoms with Crippen LogP contribution in [-0.4, -0.2) is 43.2 Å². The van der Waals surface area contributed by atoms with E-state index in [0.717, 1.165) is 19.4 Å². The second-order valence-electron chi connectivity index (χ2n) is 6.81. The number of carbonyl (C=O) groups is 2. The van der Waals surface area contributed by atoms with Crippen LogP contribution in [0.4, 0.5) is 0 Å². The first-order chi connectivity index (χ1) is 11.4. The molecule has 0 aliphatic carbocycles. The van der Waals surface area contributed by atoms with Crippen molar-refractivity contribution in [3.63, 3.8) is 0 Å². The lowest BCUT2D eigenvalue weighted by Gasteiger charge is -2.34. The number of aryl methyl sites for hydroxylation is 1. The molecule has 24 heavy (non-hydrogen) atoms. The molecule has 0 spiro atoms. The summed E-state index contributed by atoms with van der Waals surface area (Å²) in [6, 6.07) is 0. The number of ether oxygens (including phenoxy) is 2. The van der Waals surface area contributed by atoms with Gasteiger partial charge >= 0.3 is 5.97 Å². The molecule has 2 N–H and O–H groups in total. The molecule has 1 aliphatic rings. The highest BCUT2D eigenvalue weighted by atomic mass is 16.5. The maximum Gasteiger partial charge on any atom is 0.354 e. The normalized spacial score (nSPS) is 20.9. The van der Waals surface area contributed by atoms with Gasteiger partial charge in [-0.25, -0.2) is 4.79 Å². The number of methoxy groups -OCH3 is 1. The van der Waals surface area contributed by atoms with Crippen LogP contribution in [0.2, 0.25) is 0 Å². The van der Waals surface area contributed by atoms with E-state index in [1.807, 2.05) is 0 Å². The van der Waals surface area contributed by atoms with Gasteiger partial charge in [0, 0.05) is 24.8 Å². The quantitative estimate of drug-likeness (QED) is 0.810. The van der Waals surface area contributed by atoms with Gasteiger partial charge < -0.3 is 19.8 Å². The SMILES string of the molecule is COC(=O)c1[nH]c(C)c(C(=O)NC[C@H]2CCCO[C@H]2C(C)C)c1C. The molecule has 0 bridgehead atoms. The van der Waals surface area contributed by atoms with E-state index in [2.05, 4.69) is 24.1 Å². The van der Waals surface area contributed by atoms with Gasteiger partial charge in [-0.1, -0.05) is 13.8 Å². The zero-order chi connectivity index (χ0) is 17.9. The van der Waals surface area contributed by atoms with Gasteiger partial charge in [-0.2, -0.15) is 0 Å². The molecule has 0 unspecified atom stereocenters. The van der Waals surface area contributed by atoms with Gasteiger partial charge in [0.05, 0.1) is 18.8 Å². The molecule has 6 heteroatoms. The Balaban J connectivity index is 2.07. The number of hydrogen-bond donors (Lipinski definition) is 2. The molecule has 1 aliphatic heterocycles. The van der Waals surface area contributed by atoms with Crippen LogP contribution in [0.15, 0.2) is 0 Å². The highest BCUT2D eigenvalue weighted by Gasteiger charge is 2.29. The van der Waals surface area contributed by atoms with Crippen LogP contribution < -0.4 is 5.32 Å². The number of H-pyrrole nitrogens is 1. The fraction of sp³-hybridized carbons (Fsp3) is 0.667. The maximum absolute atomic E-state index is 12.6. The Hall–Kier alpha value is -1.82. The van der Waals surface area contributed by atoms with Gasteiger partial charge in [0.25, 0.3) is 5.91 Å². The lowest BCUT2D eigenvalue weighted by Crippen LogP contribution is -2.41. The summed E-state index contributed by atoms with van der Waals surface area (Å²) < 4.78 is 10.6. The van der Waals surface area contributed by atoms with Crippen LogP contribution >= 0.6 is 0 Å². The number of hydrogen-bond acceptors (Lipinski definition) is 4. The summed E-state index contributed by atoms with van der Waals surface area (Å²) in [4.78, 5) is 27.3. The largest absolute Gasteiger partial charge is 0.464 e. The van der Waals surface area contributed by atoms with E-state index in [4.69, 9.17) is 9.47 Å². The second kappa shape index (κ2) is 7.83. The highest BCUT2D eigenvalue weighted by Crippen LogP contribution is 2.26. The molecule has 0 saturated carbocycles. The number of carbonyl (C=O) groups excluding carboxylic acids is 2. The zero-order valence-electron chi connectivity index (χ0n) is 15.2. The van der Waals surface area contributed by atoms with Crippen molar-refractivity contribution in [2.24, 2.45) is 11.8 Å². The summed E-state index contributed by atoms with van der Waals surface area (Å²) in [5.74, 6) is 0.121. The van der Waals surface area contributed by atoms with Gasteiger partial charge in [-0.05, 0) is 38.2 Å². The van der Waals surface area contributed by atoms with Crippen molar-refractivity contribution < 1.29 is 19.1 Å². The standard InChI is InChI=1S/C18H28N2O4/c1-10(2)16-13(7-6-8-24-16)9-19-17(21)14-11(3)15(18(22)23-5)20-12(14)4/h10,13,16,20H,6-9H2,1-5H3,(H,19,21)/t13-,16+/m1/s1. The van der Waals surface area contributed by atoms with E-state index < -0.39 is 5.97 Å². The van der Waals surface area contributed by atoms with Crippen molar-refractivity contribution in [1.82, 2.24) is 10.3 Å². The number of aromatic amines is 1. The van der Waals surface area contributed by atoms with Crippen LogP contribution in [0.1, 0.15) is 58.8 Å². The van der Waals surface area contributed by atoms with Crippen molar-refractivity contribution in [2.75, 3.05) is 20.3 Å². The van der Waals surface area contributed by atoms with E-state index in [1.165, 1.54) is 7.11 Å². The number of aromatic nitrogens is 1. The van der Waals surface area contributed by atoms with Gasteiger partial charge in [-0.3, -0.25) is 4.79 Å².